The van der Waals surface area contributed by atoms with Crippen LogP contribution >= 0.6 is 25.8 Å². The second-order valence-electron chi connectivity index (χ2n) is 29.9. The number of aliphatic hydroxyl groups excluding tert-OH is 1. The number of ether oxygens (including phenoxy) is 7. The number of unbranched alkanes of at least 4 members (excludes halogenated alkanes) is 3. The molecule has 6 aromatic rings. The van der Waals surface area contributed by atoms with Gasteiger partial charge in [0, 0.05) is 52.2 Å². The summed E-state index contributed by atoms with van der Waals surface area (Å²) in [5.41, 5.74) is 6.48. The summed E-state index contributed by atoms with van der Waals surface area (Å²) >= 11 is 0. The molecular formula is C85H123BN7O19P3. The third-order valence-corrected chi connectivity index (χ3v) is 17.4. The molecule has 115 heavy (non-hydrogen) atoms. The number of benzene rings is 6. The maximum Gasteiger partial charge on any atom is 0.488 e. The predicted molar refractivity (Wildman–Crippen MR) is 460 cm³/mol. The number of aliphatic hydroxyl groups is 1. The van der Waals surface area contributed by atoms with E-state index < -0.39 is 78.2 Å². The number of hydrogen-bond acceptors (Lipinski definition) is 22. The van der Waals surface area contributed by atoms with Gasteiger partial charge < -0.3 is 58.3 Å². The Bertz CT molecular complexity index is 3850. The summed E-state index contributed by atoms with van der Waals surface area (Å²) < 4.78 is 35.2. The molecule has 0 spiro atoms. The van der Waals surface area contributed by atoms with Crippen LogP contribution in [0.3, 0.4) is 0 Å². The zero-order chi connectivity index (χ0) is 85.8. The highest BCUT2D eigenvalue weighted by Crippen LogP contribution is 2.30. The zero-order valence-electron chi connectivity index (χ0n) is 69.5. The van der Waals surface area contributed by atoms with Crippen molar-refractivity contribution in [3.63, 3.8) is 0 Å². The van der Waals surface area contributed by atoms with Gasteiger partial charge in [0.05, 0.1) is 54.2 Å². The summed E-state index contributed by atoms with van der Waals surface area (Å²) in [4.78, 5) is 105. The van der Waals surface area contributed by atoms with Crippen LogP contribution in [0.25, 0.3) is 22.3 Å². The molecule has 10 rings (SSSR count). The average molecular weight is 1650 g/mol. The quantitative estimate of drug-likeness (QED) is 0.0126. The lowest BCUT2D eigenvalue weighted by Crippen LogP contribution is -2.44. The number of allylic oxidation sites excluding steroid dienone is 1. The van der Waals surface area contributed by atoms with E-state index in [1.807, 2.05) is 149 Å². The lowest BCUT2D eigenvalue weighted by molar-refractivity contribution is -0.146. The largest absolute Gasteiger partial charge is 0.488 e. The number of hydrogen-bond donors (Lipinski definition) is 5. The highest BCUT2D eigenvalue weighted by atomic mass is 32.4. The fraction of sp³-hybridized carbons (Fsp3) is 0.459. The number of esters is 4. The number of nitrogens with zero attached hydrogens (tertiary/aromatic N) is 6. The van der Waals surface area contributed by atoms with Crippen molar-refractivity contribution in [1.29, 1.82) is 0 Å². The van der Waals surface area contributed by atoms with Gasteiger partial charge in [-0.3, -0.25) is 39.4 Å². The third-order valence-electron chi connectivity index (χ3n) is 17.4. The van der Waals surface area contributed by atoms with E-state index in [4.69, 9.17) is 48.7 Å². The molecule has 7 atom stereocenters. The maximum absolute atomic E-state index is 12.6. The maximum atomic E-state index is 12.6. The van der Waals surface area contributed by atoms with Gasteiger partial charge in [-0.05, 0) is 145 Å². The number of likely N-dealkylation sites (tertiary alicyclic amines) is 1. The number of carbonyl (C=O) groups is 8. The van der Waals surface area contributed by atoms with E-state index in [1.165, 1.54) is 48.7 Å². The van der Waals surface area contributed by atoms with Crippen LogP contribution in [-0.2, 0) is 70.2 Å². The summed E-state index contributed by atoms with van der Waals surface area (Å²) in [5.74, 6) is -2.30. The average Bonchev–Trinajstić information content (AvgIpc) is 1.65. The van der Waals surface area contributed by atoms with Gasteiger partial charge in [0.2, 0.25) is 0 Å². The van der Waals surface area contributed by atoms with E-state index in [9.17, 15) is 38.4 Å². The standard InChI is InChI=1S/C22H26N2O4.C17H24N2O4.C12H11BO2.C12H16N2O2.C11H19NO4.C10H18O2.CH4O.H5P3/c1-22(2,3)28-21(26)24-15-23(14-19(24)20(25)27-4)18-12-10-17(11-13-18)16-8-6-5-7-9-16;1-17(2,3)23-16(21)19-12-18(11-14(19)15(20)22-4)10-13-8-6-5-7-9-13;14-13(15)12-8-6-11(7-9-12)10-4-2-1-3-5-10;1-16-12(15)11-8-14(9-13-11)7-10-5-3-2-4-6-10;1-11(2,3)16-10(14)12-7-5-6-8(12)9(13)15-4;1-3-4-5-6-7-8-9(2)10(11)12;1-2;1-3-2/h5-13,19H,14-15H2,1-4H3;5-9,14H,10-12H2,1-4H3;1-9,14-15H;2-6,11,13H,7-9H2,1H3;8H,5-7H2,1-4H3;3,9H,1,4-8H2,2H3,(H,11,12);2H,1H3;3H,1-2H2/t19-;14-;;11-;8-;9-;;/m00.000../s1. The van der Waals surface area contributed by atoms with Crippen molar-refractivity contribution < 1.29 is 91.8 Å². The van der Waals surface area contributed by atoms with Gasteiger partial charge in [-0.1, -0.05) is 192 Å². The Morgan fingerprint density at radius 3 is 1.33 bits per heavy atom. The minimum Gasteiger partial charge on any atom is -0.481 e. The Morgan fingerprint density at radius 2 is 0.913 bits per heavy atom. The third kappa shape index (κ3) is 37.7. The SMILES string of the molecule is C=CCCCCC[C@H](C)C(=O)O.CO.COC(=O)[C@@H]1CCCN1C(=O)OC(C)(C)C.COC(=O)[C@@H]1CN(Cc2ccccc2)CN1.COC(=O)[C@@H]1CN(Cc2ccccc2)CN1C(=O)OC(C)(C)C.COC(=O)[C@@H]1CN(c2ccc(-c3ccccc3)cc2)CN1C(=O)OC(C)(C)C.OB(O)c1ccc(-c2ccccc2)cc1.PPP. The smallest absolute Gasteiger partial charge is 0.481 e. The first kappa shape index (κ1) is 100. The topological polar surface area (TPSA) is 314 Å². The van der Waals surface area contributed by atoms with Crippen LogP contribution in [-0.4, -0.2) is 223 Å². The van der Waals surface area contributed by atoms with E-state index in [2.05, 4.69) is 63.7 Å². The minimum atomic E-state index is -1.39. The van der Waals surface area contributed by atoms with Crippen molar-refractivity contribution in [3.8, 4) is 22.3 Å². The first-order valence-electron chi connectivity index (χ1n) is 38.0. The van der Waals surface area contributed by atoms with E-state index in [0.717, 1.165) is 100 Å². The van der Waals surface area contributed by atoms with Crippen LogP contribution in [0.15, 0.2) is 183 Å². The molecule has 2 unspecified atom stereocenters. The highest BCUT2D eigenvalue weighted by Gasteiger charge is 2.43. The van der Waals surface area contributed by atoms with Crippen molar-refractivity contribution in [2.24, 2.45) is 5.92 Å². The van der Waals surface area contributed by atoms with Crippen molar-refractivity contribution >= 4 is 92.2 Å². The molecule has 30 heteroatoms. The van der Waals surface area contributed by atoms with Gasteiger partial charge >= 0.3 is 55.2 Å². The first-order chi connectivity index (χ1) is 54.6. The summed E-state index contributed by atoms with van der Waals surface area (Å²) in [6.45, 7) is 26.5. The number of aliphatic carboxylic acids is 1. The van der Waals surface area contributed by atoms with Crippen molar-refractivity contribution in [2.45, 2.75) is 168 Å². The van der Waals surface area contributed by atoms with Crippen molar-refractivity contribution in [1.82, 2.24) is 29.8 Å². The van der Waals surface area contributed by atoms with Crippen LogP contribution in [0.5, 0.6) is 0 Å². The molecule has 26 nitrogen and oxygen atoms in total. The Hall–Kier alpha value is -8.87. The number of nitrogens with one attached hydrogen (secondary N) is 1. The van der Waals surface area contributed by atoms with E-state index in [1.54, 1.807) is 81.4 Å². The molecule has 0 saturated carbocycles. The molecule has 4 heterocycles. The molecule has 0 radical (unpaired) electrons. The molecule has 0 aliphatic carbocycles. The molecule has 4 aliphatic heterocycles. The summed E-state index contributed by atoms with van der Waals surface area (Å²) in [6.07, 6.45) is 7.00. The molecule has 3 amide bonds. The van der Waals surface area contributed by atoms with E-state index in [-0.39, 0.29) is 30.6 Å². The molecule has 4 aliphatic rings. The van der Waals surface area contributed by atoms with Crippen LogP contribution in [0.2, 0.25) is 0 Å². The van der Waals surface area contributed by atoms with Gasteiger partial charge in [-0.2, -0.15) is 0 Å². The second-order valence-corrected chi connectivity index (χ2v) is 34.2. The fourth-order valence-electron chi connectivity index (χ4n) is 11.8. The second kappa shape index (κ2) is 52.7. The number of carboxylic acid groups (broad SMARTS) is 1. The van der Waals surface area contributed by atoms with Gasteiger partial charge in [-0.15, -0.1) is 24.4 Å². The number of carbonyl (C=O) groups excluding carboxylic acids is 7. The van der Waals surface area contributed by atoms with E-state index in [0.29, 0.717) is 51.3 Å². The van der Waals surface area contributed by atoms with Gasteiger partial charge in [-0.25, -0.2) is 28.8 Å². The van der Waals surface area contributed by atoms with Crippen LogP contribution in [0.4, 0.5) is 20.1 Å². The van der Waals surface area contributed by atoms with Crippen LogP contribution < -0.4 is 15.7 Å². The van der Waals surface area contributed by atoms with Crippen molar-refractivity contribution in [3.05, 3.63) is 194 Å². The van der Waals surface area contributed by atoms with Gasteiger partial charge in [0.15, 0.2) is 6.04 Å². The molecule has 0 bridgehead atoms. The lowest BCUT2D eigenvalue weighted by Gasteiger charge is -2.27. The first-order valence-corrected chi connectivity index (χ1v) is 42.6. The molecule has 6 aromatic carbocycles. The van der Waals surface area contributed by atoms with Crippen LogP contribution in [0, 0.1) is 5.92 Å². The Balaban J connectivity index is 0.000000361. The number of anilines is 1. The summed E-state index contributed by atoms with van der Waals surface area (Å²) in [6, 6.07) is 53.5. The van der Waals surface area contributed by atoms with Gasteiger partial charge in [0.25, 0.3) is 0 Å². The molecular weight excluding hydrogens is 1530 g/mol. The predicted octanol–water partition coefficient (Wildman–Crippen LogP) is 13.0. The number of amides is 3. The van der Waals surface area contributed by atoms with Gasteiger partial charge in [0.1, 0.15) is 34.9 Å². The molecule has 630 valence electrons. The Labute approximate surface area is 687 Å². The van der Waals surface area contributed by atoms with E-state index >= 15 is 0 Å². The molecule has 4 fully saturated rings. The monoisotopic (exact) mass is 1650 g/mol. The number of carboxylic acids is 1. The Kier molecular flexibility index (Phi) is 45.9. The Morgan fingerprint density at radius 1 is 0.522 bits per heavy atom. The summed E-state index contributed by atoms with van der Waals surface area (Å²) in [7, 11) is 11.1. The number of rotatable bonds is 19. The molecule has 4 saturated heterocycles. The molecule has 5 N–H and O–H groups in total. The molecule has 0 aromatic heterocycles. The lowest BCUT2D eigenvalue weighted by atomic mass is 9.80. The normalized spacial score (nSPS) is 16.5. The zero-order valence-corrected chi connectivity index (χ0v) is 72.8. The highest BCUT2D eigenvalue weighted by molar-refractivity contribution is 8.33. The number of methoxy groups -OCH3 is 4. The van der Waals surface area contributed by atoms with Crippen LogP contribution in [0.1, 0.15) is 125 Å². The van der Waals surface area contributed by atoms with Crippen molar-refractivity contribution in [2.75, 3.05) is 86.6 Å². The minimum absolute atomic E-state index is 0.185. The summed E-state index contributed by atoms with van der Waals surface area (Å²) in [5, 5.41) is 36.6. The fourth-order valence-corrected chi connectivity index (χ4v) is 11.8.